The molecule has 0 spiro atoms. The lowest BCUT2D eigenvalue weighted by Crippen LogP contribution is -2.14. The molecule has 0 bridgehead atoms. The van der Waals surface area contributed by atoms with E-state index in [1.807, 2.05) is 24.4 Å². The number of benzene rings is 1. The molecule has 1 aromatic carbocycles. The van der Waals surface area contributed by atoms with Gasteiger partial charge in [0.2, 0.25) is 0 Å². The number of hydrogen-bond donors (Lipinski definition) is 2. The van der Waals surface area contributed by atoms with Crippen molar-refractivity contribution in [3.63, 3.8) is 0 Å². The molecule has 6 heteroatoms. The molecule has 0 unspecified atom stereocenters. The summed E-state index contributed by atoms with van der Waals surface area (Å²) in [5, 5.41) is 23.2. The van der Waals surface area contributed by atoms with Crippen molar-refractivity contribution in [3.05, 3.63) is 41.2 Å². The summed E-state index contributed by atoms with van der Waals surface area (Å²) in [7, 11) is 0. The molecule has 2 N–H and O–H groups in total. The van der Waals surface area contributed by atoms with Crippen LogP contribution in [0.15, 0.2) is 45.7 Å². The van der Waals surface area contributed by atoms with Gasteiger partial charge in [0.25, 0.3) is 0 Å². The molecular formula is C13H11BrN2O3. The van der Waals surface area contributed by atoms with Gasteiger partial charge in [0, 0.05) is 27.7 Å². The van der Waals surface area contributed by atoms with E-state index in [0.717, 1.165) is 20.9 Å². The van der Waals surface area contributed by atoms with Crippen LogP contribution in [0.2, 0.25) is 0 Å². The van der Waals surface area contributed by atoms with Crippen molar-refractivity contribution in [1.29, 1.82) is 0 Å². The van der Waals surface area contributed by atoms with Gasteiger partial charge in [-0.25, -0.2) is 0 Å². The van der Waals surface area contributed by atoms with Crippen LogP contribution in [0.5, 0.6) is 0 Å². The summed E-state index contributed by atoms with van der Waals surface area (Å²) >= 11 is 3.46. The van der Waals surface area contributed by atoms with Gasteiger partial charge in [-0.2, -0.15) is 0 Å². The third-order valence-electron chi connectivity index (χ3n) is 2.90. The van der Waals surface area contributed by atoms with Crippen molar-refractivity contribution in [1.82, 2.24) is 9.72 Å². The Morgan fingerprint density at radius 3 is 2.84 bits per heavy atom. The molecule has 0 aliphatic heterocycles. The maximum atomic E-state index is 9.15. The first-order valence-electron chi connectivity index (χ1n) is 5.70. The minimum Gasteiger partial charge on any atom is -0.367 e. The van der Waals surface area contributed by atoms with Crippen molar-refractivity contribution in [2.45, 2.75) is 12.8 Å². The molecule has 2 heterocycles. The van der Waals surface area contributed by atoms with Crippen molar-refractivity contribution in [3.8, 4) is 11.3 Å². The van der Waals surface area contributed by atoms with E-state index in [2.05, 4.69) is 21.1 Å². The van der Waals surface area contributed by atoms with Crippen LogP contribution in [0.4, 0.5) is 0 Å². The highest BCUT2D eigenvalue weighted by Gasteiger charge is 2.13. The zero-order valence-electron chi connectivity index (χ0n) is 9.82. The van der Waals surface area contributed by atoms with Crippen LogP contribution >= 0.6 is 15.9 Å². The maximum Gasteiger partial charge on any atom is 0.169 e. The maximum absolute atomic E-state index is 9.15. The van der Waals surface area contributed by atoms with Gasteiger partial charge in [0.1, 0.15) is 12.0 Å². The van der Waals surface area contributed by atoms with E-state index in [0.29, 0.717) is 5.69 Å². The smallest absolute Gasteiger partial charge is 0.169 e. The van der Waals surface area contributed by atoms with E-state index in [4.69, 9.17) is 14.7 Å². The van der Waals surface area contributed by atoms with Gasteiger partial charge in [0.15, 0.2) is 6.29 Å². The van der Waals surface area contributed by atoms with Gasteiger partial charge >= 0.3 is 0 Å². The minimum absolute atomic E-state index is 0.107. The monoisotopic (exact) mass is 322 g/mol. The number of hydrogen-bond acceptors (Lipinski definition) is 4. The Morgan fingerprint density at radius 1 is 1.32 bits per heavy atom. The number of aromatic nitrogens is 2. The lowest BCUT2D eigenvalue weighted by molar-refractivity contribution is -0.0504. The average Bonchev–Trinajstić information content (AvgIpc) is 2.97. The largest absolute Gasteiger partial charge is 0.367 e. The average molecular weight is 323 g/mol. The number of fused-ring (bicyclic) bond motifs is 1. The molecule has 0 aliphatic carbocycles. The third-order valence-corrected chi connectivity index (χ3v) is 3.36. The topological polar surface area (TPSA) is 71.4 Å². The zero-order valence-corrected chi connectivity index (χ0v) is 11.4. The summed E-state index contributed by atoms with van der Waals surface area (Å²) < 4.78 is 7.60. The molecule has 3 aromatic rings. The first kappa shape index (κ1) is 12.4. The molecule has 0 saturated heterocycles. The van der Waals surface area contributed by atoms with Crippen LogP contribution in [0.25, 0.3) is 22.2 Å². The first-order valence-corrected chi connectivity index (χ1v) is 6.50. The lowest BCUT2D eigenvalue weighted by atomic mass is 10.1. The van der Waals surface area contributed by atoms with Crippen LogP contribution < -0.4 is 0 Å². The number of aliphatic hydroxyl groups is 2. The van der Waals surface area contributed by atoms with Gasteiger partial charge in [-0.05, 0) is 18.2 Å². The molecule has 0 radical (unpaired) electrons. The second-order valence-electron chi connectivity index (χ2n) is 4.22. The molecular weight excluding hydrogens is 312 g/mol. The first-order chi connectivity index (χ1) is 9.15. The van der Waals surface area contributed by atoms with Gasteiger partial charge in [0.05, 0.1) is 12.1 Å². The fourth-order valence-electron chi connectivity index (χ4n) is 2.19. The Hall–Kier alpha value is -1.63. The Labute approximate surface area is 117 Å². The SMILES string of the molecule is OC(O)Cn1ccc2cc(Br)cc(-c3ccon3)c21. The lowest BCUT2D eigenvalue weighted by Gasteiger charge is -2.10. The van der Waals surface area contributed by atoms with Gasteiger partial charge in [-0.1, -0.05) is 21.1 Å². The Kier molecular flexibility index (Phi) is 3.14. The van der Waals surface area contributed by atoms with Crippen molar-refractivity contribution >= 4 is 26.8 Å². The van der Waals surface area contributed by atoms with Crippen molar-refractivity contribution in [2.75, 3.05) is 0 Å². The van der Waals surface area contributed by atoms with Gasteiger partial charge < -0.3 is 19.3 Å². The van der Waals surface area contributed by atoms with E-state index < -0.39 is 6.29 Å². The number of halogens is 1. The van der Waals surface area contributed by atoms with Crippen LogP contribution in [0.1, 0.15) is 0 Å². The fourth-order valence-corrected chi connectivity index (χ4v) is 2.66. The molecule has 0 aliphatic rings. The minimum atomic E-state index is -1.40. The predicted octanol–water partition coefficient (Wildman–Crippen LogP) is 2.37. The Bertz CT molecular complexity index is 704. The highest BCUT2D eigenvalue weighted by molar-refractivity contribution is 9.10. The fraction of sp³-hybridized carbons (Fsp3) is 0.154. The second kappa shape index (κ2) is 4.80. The highest BCUT2D eigenvalue weighted by Crippen LogP contribution is 2.32. The molecule has 0 saturated carbocycles. The van der Waals surface area contributed by atoms with Crippen LogP contribution in [-0.4, -0.2) is 26.2 Å². The number of aliphatic hydroxyl groups excluding tert-OH is 1. The zero-order chi connectivity index (χ0) is 13.4. The third kappa shape index (κ3) is 2.30. The second-order valence-corrected chi connectivity index (χ2v) is 5.14. The van der Waals surface area contributed by atoms with E-state index in [-0.39, 0.29) is 6.54 Å². The molecule has 2 aromatic heterocycles. The summed E-state index contributed by atoms with van der Waals surface area (Å²) in [6.07, 6.45) is 1.93. The molecule has 5 nitrogen and oxygen atoms in total. The normalized spacial score (nSPS) is 11.6. The molecule has 0 fully saturated rings. The van der Waals surface area contributed by atoms with Crippen molar-refractivity contribution in [2.24, 2.45) is 0 Å². The Morgan fingerprint density at radius 2 is 2.16 bits per heavy atom. The molecule has 3 rings (SSSR count). The van der Waals surface area contributed by atoms with Gasteiger partial charge in [-0.15, -0.1) is 0 Å². The summed E-state index contributed by atoms with van der Waals surface area (Å²) in [6.45, 7) is 0.107. The van der Waals surface area contributed by atoms with E-state index in [9.17, 15) is 0 Å². The summed E-state index contributed by atoms with van der Waals surface area (Å²) in [5.74, 6) is 0. The van der Waals surface area contributed by atoms with Crippen molar-refractivity contribution < 1.29 is 14.7 Å². The summed E-state index contributed by atoms with van der Waals surface area (Å²) in [5.41, 5.74) is 2.48. The molecule has 19 heavy (non-hydrogen) atoms. The van der Waals surface area contributed by atoms with Crippen LogP contribution in [0, 0.1) is 0 Å². The van der Waals surface area contributed by atoms with Crippen LogP contribution in [0.3, 0.4) is 0 Å². The summed E-state index contributed by atoms with van der Waals surface area (Å²) in [6, 6.07) is 7.60. The van der Waals surface area contributed by atoms with E-state index >= 15 is 0 Å². The molecule has 98 valence electrons. The number of nitrogens with zero attached hydrogens (tertiary/aromatic N) is 2. The number of rotatable bonds is 3. The van der Waals surface area contributed by atoms with E-state index in [1.165, 1.54) is 6.26 Å². The van der Waals surface area contributed by atoms with Gasteiger partial charge in [-0.3, -0.25) is 0 Å². The predicted molar refractivity (Wildman–Crippen MR) is 73.4 cm³/mol. The quantitative estimate of drug-likeness (QED) is 0.726. The highest BCUT2D eigenvalue weighted by atomic mass is 79.9. The van der Waals surface area contributed by atoms with E-state index in [1.54, 1.807) is 10.6 Å². The summed E-state index contributed by atoms with van der Waals surface area (Å²) in [4.78, 5) is 0. The standard InChI is InChI=1S/C13H11BrN2O3/c14-9-5-8-1-3-16(7-12(17)18)13(8)10(6-9)11-2-4-19-15-11/h1-6,12,17-18H,7H2. The Balaban J connectivity index is 2.26. The molecule has 0 amide bonds. The van der Waals surface area contributed by atoms with Crippen LogP contribution in [-0.2, 0) is 6.54 Å². The molecule has 0 atom stereocenters.